The lowest BCUT2D eigenvalue weighted by atomic mass is 9.81. The van der Waals surface area contributed by atoms with Crippen LogP contribution in [0.4, 0.5) is 0 Å². The highest BCUT2D eigenvalue weighted by molar-refractivity contribution is 7.12. The van der Waals surface area contributed by atoms with E-state index in [1.165, 1.54) is 18.4 Å². The fourth-order valence-electron chi connectivity index (χ4n) is 3.01. The van der Waals surface area contributed by atoms with Crippen molar-refractivity contribution in [3.05, 3.63) is 22.4 Å². The number of amides is 2. The molecule has 1 aromatic rings. The molecular weight excluding hydrogens is 328 g/mol. The highest BCUT2D eigenvalue weighted by Gasteiger charge is 2.41. The van der Waals surface area contributed by atoms with Gasteiger partial charge in [-0.05, 0) is 30.7 Å². The smallest absolute Gasteiger partial charge is 0.331 e. The van der Waals surface area contributed by atoms with Gasteiger partial charge in [-0.3, -0.25) is 9.59 Å². The van der Waals surface area contributed by atoms with Gasteiger partial charge in [-0.15, -0.1) is 11.3 Å². The predicted octanol–water partition coefficient (Wildman–Crippen LogP) is 2.25. The minimum Gasteiger partial charge on any atom is -0.467 e. The summed E-state index contributed by atoms with van der Waals surface area (Å²) in [5.74, 6) is -0.655. The predicted molar refractivity (Wildman–Crippen MR) is 91.9 cm³/mol. The van der Waals surface area contributed by atoms with Gasteiger partial charge in [-0.2, -0.15) is 0 Å². The minimum atomic E-state index is -0.871. The molecule has 2 amide bonds. The van der Waals surface area contributed by atoms with Crippen molar-refractivity contribution in [3.63, 3.8) is 0 Å². The first-order valence-electron chi connectivity index (χ1n) is 8.28. The molecular formula is C17H24N2O4S. The molecule has 0 bridgehead atoms. The SMILES string of the molecule is COC(=O)C1(NC(=O)CCCNC(=O)c2cccs2)CCCCC1. The second-order valence-corrected chi connectivity index (χ2v) is 6.97. The van der Waals surface area contributed by atoms with Crippen LogP contribution in [0.3, 0.4) is 0 Å². The summed E-state index contributed by atoms with van der Waals surface area (Å²) in [7, 11) is 1.35. The van der Waals surface area contributed by atoms with E-state index < -0.39 is 5.54 Å². The second-order valence-electron chi connectivity index (χ2n) is 6.02. The van der Waals surface area contributed by atoms with Crippen LogP contribution in [0.15, 0.2) is 17.5 Å². The molecule has 0 radical (unpaired) electrons. The van der Waals surface area contributed by atoms with Gasteiger partial charge in [0.05, 0.1) is 12.0 Å². The van der Waals surface area contributed by atoms with Crippen molar-refractivity contribution in [3.8, 4) is 0 Å². The van der Waals surface area contributed by atoms with Gasteiger partial charge in [0.1, 0.15) is 5.54 Å². The number of carbonyl (C=O) groups is 3. The zero-order valence-corrected chi connectivity index (χ0v) is 14.7. The molecule has 0 aromatic carbocycles. The van der Waals surface area contributed by atoms with Gasteiger partial charge in [-0.1, -0.05) is 25.3 Å². The number of ether oxygens (including phenoxy) is 1. The van der Waals surface area contributed by atoms with Crippen LogP contribution in [-0.2, 0) is 14.3 Å². The Morgan fingerprint density at radius 3 is 2.62 bits per heavy atom. The van der Waals surface area contributed by atoms with Gasteiger partial charge in [0.2, 0.25) is 5.91 Å². The maximum absolute atomic E-state index is 12.2. The third kappa shape index (κ3) is 4.80. The van der Waals surface area contributed by atoms with Crippen molar-refractivity contribution in [2.75, 3.05) is 13.7 Å². The number of thiophene rings is 1. The Labute approximate surface area is 146 Å². The Hall–Kier alpha value is -1.89. The Morgan fingerprint density at radius 1 is 1.25 bits per heavy atom. The summed E-state index contributed by atoms with van der Waals surface area (Å²) in [6.07, 6.45) is 4.94. The molecule has 7 heteroatoms. The van der Waals surface area contributed by atoms with E-state index in [0.717, 1.165) is 19.3 Å². The summed E-state index contributed by atoms with van der Waals surface area (Å²) in [5, 5.41) is 7.51. The van der Waals surface area contributed by atoms with Crippen LogP contribution in [0, 0.1) is 0 Å². The number of rotatable bonds is 7. The Bertz CT molecular complexity index is 565. The minimum absolute atomic E-state index is 0.122. The van der Waals surface area contributed by atoms with Crippen molar-refractivity contribution in [2.24, 2.45) is 0 Å². The zero-order valence-electron chi connectivity index (χ0n) is 13.9. The van der Waals surface area contributed by atoms with Gasteiger partial charge in [0.25, 0.3) is 5.91 Å². The van der Waals surface area contributed by atoms with Crippen LogP contribution in [0.5, 0.6) is 0 Å². The van der Waals surface area contributed by atoms with E-state index in [1.54, 1.807) is 6.07 Å². The van der Waals surface area contributed by atoms with Crippen LogP contribution < -0.4 is 10.6 Å². The number of carbonyl (C=O) groups excluding carboxylic acids is 3. The van der Waals surface area contributed by atoms with Gasteiger partial charge in [-0.25, -0.2) is 4.79 Å². The summed E-state index contributed by atoms with van der Waals surface area (Å²) in [4.78, 5) is 36.7. The molecule has 1 heterocycles. The topological polar surface area (TPSA) is 84.5 Å². The van der Waals surface area contributed by atoms with Crippen molar-refractivity contribution in [1.29, 1.82) is 0 Å². The lowest BCUT2D eigenvalue weighted by Crippen LogP contribution is -2.56. The first-order valence-corrected chi connectivity index (χ1v) is 9.16. The third-order valence-electron chi connectivity index (χ3n) is 4.27. The first kappa shape index (κ1) is 18.4. The largest absolute Gasteiger partial charge is 0.467 e. The first-order chi connectivity index (χ1) is 11.6. The Morgan fingerprint density at radius 2 is 2.00 bits per heavy atom. The maximum Gasteiger partial charge on any atom is 0.331 e. The second kappa shape index (κ2) is 8.82. The molecule has 0 saturated heterocycles. The van der Waals surface area contributed by atoms with Gasteiger partial charge < -0.3 is 15.4 Å². The molecule has 6 nitrogen and oxygen atoms in total. The number of methoxy groups -OCH3 is 1. The van der Waals surface area contributed by atoms with Crippen molar-refractivity contribution >= 4 is 29.1 Å². The van der Waals surface area contributed by atoms with Gasteiger partial charge in [0, 0.05) is 13.0 Å². The van der Waals surface area contributed by atoms with E-state index in [-0.39, 0.29) is 24.2 Å². The molecule has 0 aliphatic heterocycles. The number of hydrogen-bond acceptors (Lipinski definition) is 5. The molecule has 24 heavy (non-hydrogen) atoms. The fourth-order valence-corrected chi connectivity index (χ4v) is 3.65. The maximum atomic E-state index is 12.2. The normalized spacial score (nSPS) is 16.2. The monoisotopic (exact) mass is 352 g/mol. The van der Waals surface area contributed by atoms with E-state index in [0.29, 0.717) is 30.7 Å². The Kier molecular flexibility index (Phi) is 6.78. The van der Waals surface area contributed by atoms with Gasteiger partial charge >= 0.3 is 5.97 Å². The lowest BCUT2D eigenvalue weighted by molar-refractivity contribution is -0.152. The highest BCUT2D eigenvalue weighted by Crippen LogP contribution is 2.29. The van der Waals surface area contributed by atoms with E-state index in [1.807, 2.05) is 11.4 Å². The average molecular weight is 352 g/mol. The van der Waals surface area contributed by atoms with Crippen molar-refractivity contribution in [1.82, 2.24) is 10.6 Å². The van der Waals surface area contributed by atoms with E-state index in [2.05, 4.69) is 10.6 Å². The Balaban J connectivity index is 1.75. The number of esters is 1. The summed E-state index contributed by atoms with van der Waals surface area (Å²) >= 11 is 1.38. The van der Waals surface area contributed by atoms with Crippen LogP contribution in [-0.4, -0.2) is 37.0 Å². The average Bonchev–Trinajstić information content (AvgIpc) is 3.13. The van der Waals surface area contributed by atoms with Crippen molar-refractivity contribution < 1.29 is 19.1 Å². The van der Waals surface area contributed by atoms with E-state index in [9.17, 15) is 14.4 Å². The molecule has 0 unspecified atom stereocenters. The number of nitrogens with one attached hydrogen (secondary N) is 2. The van der Waals surface area contributed by atoms with Gasteiger partial charge in [0.15, 0.2) is 0 Å². The molecule has 2 N–H and O–H groups in total. The molecule has 1 aliphatic rings. The standard InChI is InChI=1S/C17H24N2O4S/c1-23-16(22)17(9-3-2-4-10-17)19-14(20)8-5-11-18-15(21)13-7-6-12-24-13/h6-7,12H,2-5,8-11H2,1H3,(H,18,21)(H,19,20). The molecule has 1 aromatic heterocycles. The zero-order chi connectivity index (χ0) is 17.4. The highest BCUT2D eigenvalue weighted by atomic mass is 32.1. The molecule has 0 atom stereocenters. The van der Waals surface area contributed by atoms with Crippen LogP contribution in [0.1, 0.15) is 54.6 Å². The van der Waals surface area contributed by atoms with E-state index >= 15 is 0 Å². The number of hydrogen-bond donors (Lipinski definition) is 2. The molecule has 0 spiro atoms. The lowest BCUT2D eigenvalue weighted by Gasteiger charge is -2.35. The fraction of sp³-hybridized carbons (Fsp3) is 0.588. The summed E-state index contributed by atoms with van der Waals surface area (Å²) in [5.41, 5.74) is -0.871. The molecule has 1 fully saturated rings. The summed E-state index contributed by atoms with van der Waals surface area (Å²) < 4.78 is 4.88. The molecule has 132 valence electrons. The third-order valence-corrected chi connectivity index (χ3v) is 5.14. The van der Waals surface area contributed by atoms with Crippen LogP contribution in [0.25, 0.3) is 0 Å². The van der Waals surface area contributed by atoms with Crippen molar-refractivity contribution in [2.45, 2.75) is 50.5 Å². The summed E-state index contributed by atoms with van der Waals surface area (Å²) in [6.45, 7) is 0.426. The van der Waals surface area contributed by atoms with E-state index in [4.69, 9.17) is 4.74 Å². The molecule has 1 saturated carbocycles. The molecule has 2 rings (SSSR count). The summed E-state index contributed by atoms with van der Waals surface area (Å²) in [6, 6.07) is 3.58. The quantitative estimate of drug-likeness (QED) is 0.582. The van der Waals surface area contributed by atoms with Crippen LogP contribution >= 0.6 is 11.3 Å². The van der Waals surface area contributed by atoms with Crippen LogP contribution in [0.2, 0.25) is 0 Å². The molecule has 1 aliphatic carbocycles.